The highest BCUT2D eigenvalue weighted by molar-refractivity contribution is 6.29. The van der Waals surface area contributed by atoms with Gasteiger partial charge in [-0.1, -0.05) is 23.7 Å². The lowest BCUT2D eigenvalue weighted by molar-refractivity contribution is -0.490. The normalized spacial score (nSPS) is 11.5. The van der Waals surface area contributed by atoms with Crippen LogP contribution < -0.4 is 5.49 Å². The molecule has 0 N–H and O–H groups in total. The highest BCUT2D eigenvalue weighted by atomic mass is 35.5. The third-order valence-electron chi connectivity index (χ3n) is 2.24. The SMILES string of the molecule is O=[N+]([O-])N=c1ccccn1Cc1ccc(Cl)nc1. The molecule has 0 atom stereocenters. The Morgan fingerprint density at radius 3 is 2.89 bits per heavy atom. The lowest BCUT2D eigenvalue weighted by Gasteiger charge is -2.05. The van der Waals surface area contributed by atoms with Gasteiger partial charge in [-0.15, -0.1) is 0 Å². The van der Waals surface area contributed by atoms with Gasteiger partial charge in [-0.2, -0.15) is 0 Å². The second-order valence-corrected chi connectivity index (χ2v) is 3.90. The Balaban J connectivity index is 2.35. The molecule has 92 valence electrons. The van der Waals surface area contributed by atoms with Crippen molar-refractivity contribution < 1.29 is 5.03 Å². The van der Waals surface area contributed by atoms with Crippen LogP contribution in [0.25, 0.3) is 0 Å². The van der Waals surface area contributed by atoms with Crippen LogP contribution in [0.1, 0.15) is 5.56 Å². The van der Waals surface area contributed by atoms with Crippen LogP contribution in [-0.4, -0.2) is 14.6 Å². The Kier molecular flexibility index (Phi) is 3.69. The summed E-state index contributed by atoms with van der Waals surface area (Å²) in [5.41, 5.74) is 1.16. The number of pyridine rings is 2. The van der Waals surface area contributed by atoms with Crippen molar-refractivity contribution in [3.05, 3.63) is 69.0 Å². The van der Waals surface area contributed by atoms with Gasteiger partial charge in [0.25, 0.3) is 0 Å². The van der Waals surface area contributed by atoms with Crippen LogP contribution in [0.3, 0.4) is 0 Å². The largest absolute Gasteiger partial charge is 0.323 e. The van der Waals surface area contributed by atoms with E-state index in [4.69, 9.17) is 11.6 Å². The summed E-state index contributed by atoms with van der Waals surface area (Å²) in [5, 5.41) is 13.4. The number of hydrogen-bond donors (Lipinski definition) is 0. The Morgan fingerprint density at radius 1 is 1.39 bits per heavy atom. The smallest absolute Gasteiger partial charge is 0.207 e. The molecule has 2 aromatic heterocycles. The van der Waals surface area contributed by atoms with Gasteiger partial charge in [0.05, 0.1) is 11.6 Å². The van der Waals surface area contributed by atoms with E-state index in [2.05, 4.69) is 10.1 Å². The summed E-state index contributed by atoms with van der Waals surface area (Å²) in [6.45, 7) is 0.442. The lowest BCUT2D eigenvalue weighted by atomic mass is 10.3. The molecule has 6 nitrogen and oxygen atoms in total. The molecule has 2 aromatic rings. The molecule has 0 aliphatic rings. The molecule has 7 heteroatoms. The predicted octanol–water partition coefficient (Wildman–Crippen LogP) is 1.68. The average Bonchev–Trinajstić information content (AvgIpc) is 2.34. The third kappa shape index (κ3) is 3.14. The summed E-state index contributed by atoms with van der Waals surface area (Å²) in [6.07, 6.45) is 3.34. The van der Waals surface area contributed by atoms with E-state index in [-0.39, 0.29) is 5.49 Å². The predicted molar refractivity (Wildman–Crippen MR) is 65.3 cm³/mol. The van der Waals surface area contributed by atoms with Crippen molar-refractivity contribution in [2.75, 3.05) is 0 Å². The molecule has 0 saturated carbocycles. The van der Waals surface area contributed by atoms with E-state index in [0.717, 1.165) is 5.56 Å². The van der Waals surface area contributed by atoms with E-state index in [1.807, 2.05) is 6.07 Å². The summed E-state index contributed by atoms with van der Waals surface area (Å²) < 4.78 is 1.66. The maximum atomic E-state index is 10.4. The van der Waals surface area contributed by atoms with Crippen molar-refractivity contribution in [2.24, 2.45) is 5.10 Å². The van der Waals surface area contributed by atoms with Gasteiger partial charge < -0.3 is 4.57 Å². The third-order valence-corrected chi connectivity index (χ3v) is 2.47. The molecule has 0 radical (unpaired) electrons. The molecule has 0 aliphatic heterocycles. The van der Waals surface area contributed by atoms with Gasteiger partial charge in [0.1, 0.15) is 5.15 Å². The summed E-state index contributed by atoms with van der Waals surface area (Å²) in [6, 6.07) is 8.53. The van der Waals surface area contributed by atoms with Crippen molar-refractivity contribution in [1.29, 1.82) is 0 Å². The quantitative estimate of drug-likeness (QED) is 0.481. The number of hydrogen-bond acceptors (Lipinski definition) is 3. The van der Waals surface area contributed by atoms with Crippen molar-refractivity contribution in [3.63, 3.8) is 0 Å². The number of halogens is 1. The fraction of sp³-hybridized carbons (Fsp3) is 0.0909. The molecule has 0 saturated heterocycles. The van der Waals surface area contributed by atoms with Crippen LogP contribution in [0.2, 0.25) is 5.15 Å². The first-order valence-electron chi connectivity index (χ1n) is 5.10. The van der Waals surface area contributed by atoms with Gasteiger partial charge >= 0.3 is 0 Å². The molecule has 0 bridgehead atoms. The van der Waals surface area contributed by atoms with Crippen LogP contribution in [-0.2, 0) is 6.54 Å². The molecule has 0 amide bonds. The van der Waals surface area contributed by atoms with E-state index in [1.54, 1.807) is 41.2 Å². The van der Waals surface area contributed by atoms with E-state index < -0.39 is 5.03 Å². The van der Waals surface area contributed by atoms with Gasteiger partial charge in [0.2, 0.25) is 5.49 Å². The summed E-state index contributed by atoms with van der Waals surface area (Å²) in [5.74, 6) is 0. The zero-order valence-corrected chi connectivity index (χ0v) is 9.99. The molecule has 2 heterocycles. The second-order valence-electron chi connectivity index (χ2n) is 3.51. The van der Waals surface area contributed by atoms with Gasteiger partial charge in [-0.05, 0) is 23.8 Å². The maximum absolute atomic E-state index is 10.4. The number of nitrogens with zero attached hydrogens (tertiary/aromatic N) is 4. The zero-order valence-electron chi connectivity index (χ0n) is 9.23. The lowest BCUT2D eigenvalue weighted by Crippen LogP contribution is -2.21. The molecular formula is C11H9ClN4O2. The molecule has 0 aliphatic carbocycles. The van der Waals surface area contributed by atoms with Gasteiger partial charge in [-0.25, -0.2) is 15.1 Å². The second kappa shape index (κ2) is 5.42. The van der Waals surface area contributed by atoms with Crippen molar-refractivity contribution in [3.8, 4) is 0 Å². The first-order valence-corrected chi connectivity index (χ1v) is 5.48. The Labute approximate surface area is 107 Å². The van der Waals surface area contributed by atoms with Crippen LogP contribution in [0.5, 0.6) is 0 Å². The van der Waals surface area contributed by atoms with Crippen LogP contribution >= 0.6 is 11.6 Å². The Morgan fingerprint density at radius 2 is 2.22 bits per heavy atom. The van der Waals surface area contributed by atoms with Crippen LogP contribution in [0.4, 0.5) is 0 Å². The van der Waals surface area contributed by atoms with Crippen molar-refractivity contribution in [1.82, 2.24) is 9.55 Å². The fourth-order valence-corrected chi connectivity index (χ4v) is 1.58. The molecule has 0 aromatic carbocycles. The summed E-state index contributed by atoms with van der Waals surface area (Å²) in [4.78, 5) is 14.4. The molecule has 0 spiro atoms. The van der Waals surface area contributed by atoms with Gasteiger partial charge in [0, 0.05) is 12.4 Å². The fourth-order valence-electron chi connectivity index (χ4n) is 1.47. The maximum Gasteiger partial charge on any atom is 0.207 e. The molecule has 0 fully saturated rings. The van der Waals surface area contributed by atoms with Crippen molar-refractivity contribution in [2.45, 2.75) is 6.54 Å². The minimum Gasteiger partial charge on any atom is -0.323 e. The molecule has 18 heavy (non-hydrogen) atoms. The number of rotatable bonds is 3. The van der Waals surface area contributed by atoms with E-state index >= 15 is 0 Å². The average molecular weight is 265 g/mol. The van der Waals surface area contributed by atoms with E-state index in [1.165, 1.54) is 0 Å². The highest BCUT2D eigenvalue weighted by Gasteiger charge is 1.99. The van der Waals surface area contributed by atoms with Gasteiger partial charge in [-0.3, -0.25) is 0 Å². The first-order chi connectivity index (χ1) is 8.65. The topological polar surface area (TPSA) is 73.3 Å². The standard InChI is InChI=1S/C11H9ClN4O2/c12-10-5-4-9(7-13-10)8-15-6-2-1-3-11(15)14-16(17)18/h1-7H,8H2. The Bertz CT molecular complexity index is 621. The highest BCUT2D eigenvalue weighted by Crippen LogP contribution is 2.05. The molecule has 0 unspecified atom stereocenters. The molecule has 2 rings (SSSR count). The summed E-state index contributed by atoms with van der Waals surface area (Å²) >= 11 is 5.69. The van der Waals surface area contributed by atoms with E-state index in [0.29, 0.717) is 11.7 Å². The number of nitro groups is 1. The molecular weight excluding hydrogens is 256 g/mol. The summed E-state index contributed by atoms with van der Waals surface area (Å²) in [7, 11) is 0. The monoisotopic (exact) mass is 264 g/mol. The van der Waals surface area contributed by atoms with Crippen LogP contribution in [0.15, 0.2) is 47.8 Å². The van der Waals surface area contributed by atoms with Crippen molar-refractivity contribution >= 4 is 11.6 Å². The van der Waals surface area contributed by atoms with Crippen LogP contribution in [0, 0.1) is 10.1 Å². The Hall–Kier alpha value is -2.21. The minimum atomic E-state index is -0.716. The minimum absolute atomic E-state index is 0.275. The van der Waals surface area contributed by atoms with E-state index in [9.17, 15) is 10.1 Å². The zero-order chi connectivity index (χ0) is 13.0. The number of aromatic nitrogens is 2. The van der Waals surface area contributed by atoms with Gasteiger partial charge in [0.15, 0.2) is 5.03 Å². The first kappa shape index (κ1) is 12.3.